The van der Waals surface area contributed by atoms with Crippen molar-refractivity contribution in [1.82, 2.24) is 20.3 Å². The lowest BCUT2D eigenvalue weighted by Crippen LogP contribution is -2.52. The van der Waals surface area contributed by atoms with E-state index in [0.717, 1.165) is 24.8 Å². The molecule has 3 unspecified atom stereocenters. The second kappa shape index (κ2) is 10.8. The smallest absolute Gasteiger partial charge is 0.410 e. The molecule has 3 fully saturated rings. The van der Waals surface area contributed by atoms with Crippen LogP contribution in [-0.2, 0) is 25.8 Å². The van der Waals surface area contributed by atoms with Crippen LogP contribution in [0.25, 0.3) is 0 Å². The molecule has 3 aliphatic heterocycles. The molecule has 2 bridgehead atoms. The number of ether oxygens (including phenoxy) is 1. The summed E-state index contributed by atoms with van der Waals surface area (Å²) >= 11 is 0. The van der Waals surface area contributed by atoms with Crippen molar-refractivity contribution in [2.75, 3.05) is 19.7 Å². The molecule has 0 aliphatic carbocycles. The molecule has 10 nitrogen and oxygen atoms in total. The highest BCUT2D eigenvalue weighted by Gasteiger charge is 2.48. The summed E-state index contributed by atoms with van der Waals surface area (Å²) in [5, 5.41) is 1.40. The van der Waals surface area contributed by atoms with Gasteiger partial charge in [0.1, 0.15) is 18.2 Å². The molecule has 0 spiro atoms. The number of fused-ring (bicyclic) bond motifs is 2. The van der Waals surface area contributed by atoms with Gasteiger partial charge in [-0.3, -0.25) is 14.5 Å². The van der Waals surface area contributed by atoms with E-state index in [1.54, 1.807) is 9.80 Å². The van der Waals surface area contributed by atoms with E-state index in [2.05, 4.69) is 5.48 Å². The van der Waals surface area contributed by atoms with Gasteiger partial charge in [-0.15, -0.1) is 0 Å². The predicted molar refractivity (Wildman–Crippen MR) is 127 cm³/mol. The number of hydrogen-bond acceptors (Lipinski definition) is 6. The first kappa shape index (κ1) is 25.2. The Labute approximate surface area is 206 Å². The van der Waals surface area contributed by atoms with Crippen molar-refractivity contribution >= 4 is 18.0 Å². The molecule has 0 radical (unpaired) electrons. The minimum atomic E-state index is -0.614. The molecule has 4 amide bonds. The van der Waals surface area contributed by atoms with Crippen molar-refractivity contribution in [3.8, 4) is 0 Å². The van der Waals surface area contributed by atoms with Gasteiger partial charge >= 0.3 is 12.1 Å². The van der Waals surface area contributed by atoms with Crippen LogP contribution in [0.4, 0.5) is 9.59 Å². The Kier molecular flexibility index (Phi) is 7.81. The van der Waals surface area contributed by atoms with Crippen molar-refractivity contribution in [3.63, 3.8) is 0 Å². The predicted octanol–water partition coefficient (Wildman–Crippen LogP) is 3.22. The Morgan fingerprint density at radius 2 is 1.86 bits per heavy atom. The molecule has 35 heavy (non-hydrogen) atoms. The van der Waals surface area contributed by atoms with Gasteiger partial charge in [-0.25, -0.2) is 15.1 Å². The number of rotatable bonds is 7. The normalized spacial score (nSPS) is 24.5. The SMILES string of the molecule is CC(C)(C)OC(=O)N1CCCCC1CONC(=O)C1CCC2CN1C(=O)N2OCc1ccccc1. The third kappa shape index (κ3) is 6.24. The van der Waals surface area contributed by atoms with Crippen LogP contribution in [0.1, 0.15) is 58.4 Å². The van der Waals surface area contributed by atoms with E-state index >= 15 is 0 Å². The van der Waals surface area contributed by atoms with Gasteiger partial charge in [0.2, 0.25) is 0 Å². The average molecular weight is 489 g/mol. The Hall–Kier alpha value is -2.85. The van der Waals surface area contributed by atoms with Crippen LogP contribution in [-0.4, -0.2) is 76.3 Å². The van der Waals surface area contributed by atoms with Gasteiger partial charge in [0, 0.05) is 13.1 Å². The van der Waals surface area contributed by atoms with Crippen LogP contribution in [0.2, 0.25) is 0 Å². The van der Waals surface area contributed by atoms with Gasteiger partial charge in [-0.05, 0) is 58.4 Å². The fourth-order valence-electron chi connectivity index (χ4n) is 4.80. The van der Waals surface area contributed by atoms with E-state index in [1.165, 1.54) is 5.06 Å². The van der Waals surface area contributed by atoms with E-state index < -0.39 is 11.6 Å². The maximum atomic E-state index is 12.9. The summed E-state index contributed by atoms with van der Waals surface area (Å²) in [4.78, 5) is 52.9. The molecule has 0 aromatic heterocycles. The molecule has 192 valence electrons. The molecule has 1 aromatic carbocycles. The highest BCUT2D eigenvalue weighted by Crippen LogP contribution is 2.30. The van der Waals surface area contributed by atoms with E-state index in [9.17, 15) is 14.4 Å². The maximum Gasteiger partial charge on any atom is 0.410 e. The molecule has 1 N–H and O–H groups in total. The molecular formula is C25H36N4O6. The van der Waals surface area contributed by atoms with Gasteiger partial charge in [0.05, 0.1) is 18.7 Å². The summed E-state index contributed by atoms with van der Waals surface area (Å²) in [7, 11) is 0. The van der Waals surface area contributed by atoms with Gasteiger partial charge in [-0.2, -0.15) is 5.06 Å². The van der Waals surface area contributed by atoms with Gasteiger partial charge in [0.15, 0.2) is 0 Å². The second-order valence-electron chi connectivity index (χ2n) is 10.4. The molecule has 3 aliphatic rings. The standard InChI is InChI=1S/C25H36N4O6/c1-25(2,3)35-24(32)27-14-8-7-11-20(27)17-33-26-22(30)21-13-12-19-15-28(21)23(31)29(19)34-16-18-9-5-4-6-10-18/h4-6,9-10,19-21H,7-8,11-17H2,1-3H3,(H,26,30). The second-order valence-corrected chi connectivity index (χ2v) is 10.4. The van der Waals surface area contributed by atoms with Gasteiger partial charge in [-0.1, -0.05) is 30.3 Å². The summed E-state index contributed by atoms with van der Waals surface area (Å²) in [6.45, 7) is 7.02. The summed E-state index contributed by atoms with van der Waals surface area (Å²) in [5.74, 6) is -0.360. The fraction of sp³-hybridized carbons (Fsp3) is 0.640. The number of likely N-dealkylation sites (tertiary alicyclic amines) is 1. The van der Waals surface area contributed by atoms with Crippen LogP contribution in [0.3, 0.4) is 0 Å². The van der Waals surface area contributed by atoms with Gasteiger partial charge in [0.25, 0.3) is 5.91 Å². The molecule has 1 aromatic rings. The lowest BCUT2D eigenvalue weighted by atomic mass is 10.0. The molecule has 3 saturated heterocycles. The Balaban J connectivity index is 1.26. The largest absolute Gasteiger partial charge is 0.444 e. The molecule has 3 heterocycles. The number of nitrogens with one attached hydrogen (secondary N) is 1. The number of hydroxylamine groups is 3. The number of amides is 4. The number of nitrogens with zero attached hydrogens (tertiary/aromatic N) is 3. The number of hydrogen-bond donors (Lipinski definition) is 1. The third-order valence-corrected chi connectivity index (χ3v) is 6.54. The summed E-state index contributed by atoms with van der Waals surface area (Å²) < 4.78 is 5.52. The van der Waals surface area contributed by atoms with Crippen molar-refractivity contribution in [2.45, 2.75) is 83.2 Å². The molecule has 3 atom stereocenters. The zero-order valence-electron chi connectivity index (χ0n) is 20.8. The zero-order chi connectivity index (χ0) is 25.0. The first-order chi connectivity index (χ1) is 16.7. The van der Waals surface area contributed by atoms with E-state index in [-0.39, 0.29) is 36.7 Å². The Morgan fingerprint density at radius 1 is 1.09 bits per heavy atom. The fourth-order valence-corrected chi connectivity index (χ4v) is 4.80. The summed E-state index contributed by atoms with van der Waals surface area (Å²) in [5.41, 5.74) is 2.91. The number of carbonyl (C=O) groups is 3. The van der Waals surface area contributed by atoms with Crippen molar-refractivity contribution < 1.29 is 28.8 Å². The van der Waals surface area contributed by atoms with E-state index in [1.807, 2.05) is 51.1 Å². The van der Waals surface area contributed by atoms with Crippen LogP contribution in [0.5, 0.6) is 0 Å². The Morgan fingerprint density at radius 3 is 2.60 bits per heavy atom. The van der Waals surface area contributed by atoms with Crippen LogP contribution in [0, 0.1) is 0 Å². The van der Waals surface area contributed by atoms with Crippen molar-refractivity contribution in [1.29, 1.82) is 0 Å². The zero-order valence-corrected chi connectivity index (χ0v) is 20.8. The van der Waals surface area contributed by atoms with Crippen LogP contribution in [0.15, 0.2) is 30.3 Å². The topological polar surface area (TPSA) is 101 Å². The summed E-state index contributed by atoms with van der Waals surface area (Å²) in [6.07, 6.45) is 3.50. The minimum Gasteiger partial charge on any atom is -0.444 e. The number of benzene rings is 1. The average Bonchev–Trinajstić information content (AvgIpc) is 3.06. The summed E-state index contributed by atoms with van der Waals surface area (Å²) in [6, 6.07) is 8.50. The van der Waals surface area contributed by atoms with E-state index in [0.29, 0.717) is 32.5 Å². The first-order valence-electron chi connectivity index (χ1n) is 12.4. The van der Waals surface area contributed by atoms with Crippen LogP contribution < -0.4 is 5.48 Å². The molecule has 10 heteroatoms. The Bertz CT molecular complexity index is 905. The first-order valence-corrected chi connectivity index (χ1v) is 12.4. The number of urea groups is 1. The molecule has 4 rings (SSSR count). The minimum absolute atomic E-state index is 0.0687. The highest BCUT2D eigenvalue weighted by molar-refractivity contribution is 5.88. The molecular weight excluding hydrogens is 452 g/mol. The van der Waals surface area contributed by atoms with Crippen molar-refractivity contribution in [2.24, 2.45) is 0 Å². The highest BCUT2D eigenvalue weighted by atomic mass is 16.7. The number of carbonyl (C=O) groups excluding carboxylic acids is 3. The van der Waals surface area contributed by atoms with Gasteiger partial charge < -0.3 is 14.5 Å². The lowest BCUT2D eigenvalue weighted by Gasteiger charge is -2.36. The lowest BCUT2D eigenvalue weighted by molar-refractivity contribution is -0.141. The number of piperidine rings is 2. The molecule has 0 saturated carbocycles. The van der Waals surface area contributed by atoms with E-state index in [4.69, 9.17) is 14.4 Å². The quantitative estimate of drug-likeness (QED) is 0.592. The third-order valence-electron chi connectivity index (χ3n) is 6.54. The van der Waals surface area contributed by atoms with Crippen LogP contribution >= 0.6 is 0 Å². The monoisotopic (exact) mass is 488 g/mol. The maximum absolute atomic E-state index is 12.9. The van der Waals surface area contributed by atoms with Crippen molar-refractivity contribution in [3.05, 3.63) is 35.9 Å².